The zero-order chi connectivity index (χ0) is 21.1. The molecule has 5 heteroatoms. The quantitative estimate of drug-likeness (QED) is 0.519. The monoisotopic (exact) mass is 396 g/mol. The van der Waals surface area contributed by atoms with Crippen LogP contribution in [0.15, 0.2) is 48.5 Å². The Bertz CT molecular complexity index is 798. The fraction of sp³-hybridized carbons (Fsp3) is 0.417. The molecule has 2 aromatic carbocycles. The topological polar surface area (TPSA) is 58.6 Å². The molecule has 2 amide bonds. The molecule has 0 aliphatic heterocycles. The summed E-state index contributed by atoms with van der Waals surface area (Å²) in [4.78, 5) is 27.5. The van der Waals surface area contributed by atoms with Gasteiger partial charge in [-0.2, -0.15) is 0 Å². The number of hydrogen-bond acceptors (Lipinski definition) is 3. The largest absolute Gasteiger partial charge is 0.493 e. The third kappa shape index (κ3) is 6.63. The predicted octanol–water partition coefficient (Wildman–Crippen LogP) is 5.38. The van der Waals surface area contributed by atoms with Crippen molar-refractivity contribution in [3.05, 3.63) is 59.7 Å². The van der Waals surface area contributed by atoms with Gasteiger partial charge in [0.1, 0.15) is 5.75 Å². The van der Waals surface area contributed by atoms with Gasteiger partial charge in [0.2, 0.25) is 0 Å². The fourth-order valence-corrected chi connectivity index (χ4v) is 3.07. The van der Waals surface area contributed by atoms with E-state index in [0.717, 1.165) is 38.8 Å². The van der Waals surface area contributed by atoms with Gasteiger partial charge in [-0.3, -0.25) is 9.59 Å². The molecule has 0 heterocycles. The number of nitrogens with one attached hydrogen (secondary N) is 1. The second-order valence-electron chi connectivity index (χ2n) is 7.03. The molecular formula is C24H32N2O3. The summed E-state index contributed by atoms with van der Waals surface area (Å²) in [6.07, 6.45) is 3.79. The standard InChI is InChI=1S/C24H32N2O3/c1-4-7-17-29-22-14-9-8-13-21(22)23(27)25-20-12-10-11-19(18-20)24(28)26(15-5-2)16-6-3/h8-14,18H,4-7,15-17H2,1-3H3,(H,25,27). The minimum absolute atomic E-state index is 0.00639. The molecule has 0 unspecified atom stereocenters. The lowest BCUT2D eigenvalue weighted by Crippen LogP contribution is -2.32. The molecule has 5 nitrogen and oxygen atoms in total. The number of anilines is 1. The first-order valence-corrected chi connectivity index (χ1v) is 10.5. The number of carbonyl (C=O) groups is 2. The van der Waals surface area contributed by atoms with Crippen molar-refractivity contribution in [2.75, 3.05) is 25.0 Å². The van der Waals surface area contributed by atoms with Crippen molar-refractivity contribution in [3.8, 4) is 5.75 Å². The summed E-state index contributed by atoms with van der Waals surface area (Å²) in [6.45, 7) is 8.25. The minimum atomic E-state index is -0.249. The molecule has 2 aromatic rings. The van der Waals surface area contributed by atoms with Crippen LogP contribution in [0.5, 0.6) is 5.75 Å². The van der Waals surface area contributed by atoms with E-state index in [1.165, 1.54) is 0 Å². The molecule has 0 bridgehead atoms. The summed E-state index contributed by atoms with van der Waals surface area (Å²) in [5, 5.41) is 2.90. The van der Waals surface area contributed by atoms with Crippen LogP contribution in [0.25, 0.3) is 0 Å². The summed E-state index contributed by atoms with van der Waals surface area (Å²) in [6, 6.07) is 14.3. The number of hydrogen-bond donors (Lipinski definition) is 1. The van der Waals surface area contributed by atoms with Crippen molar-refractivity contribution in [1.29, 1.82) is 0 Å². The summed E-state index contributed by atoms with van der Waals surface area (Å²) >= 11 is 0. The normalized spacial score (nSPS) is 10.4. The third-order valence-corrected chi connectivity index (χ3v) is 4.53. The van der Waals surface area contributed by atoms with Crippen LogP contribution in [0, 0.1) is 0 Å². The molecule has 0 atom stereocenters. The van der Waals surface area contributed by atoms with Crippen molar-refractivity contribution < 1.29 is 14.3 Å². The Labute approximate surface area is 174 Å². The van der Waals surface area contributed by atoms with Gasteiger partial charge in [0.05, 0.1) is 12.2 Å². The van der Waals surface area contributed by atoms with Gasteiger partial charge in [0.25, 0.3) is 11.8 Å². The Kier molecular flexibility index (Phi) is 9.22. The average Bonchev–Trinajstić information content (AvgIpc) is 2.74. The van der Waals surface area contributed by atoms with E-state index in [1.807, 2.05) is 17.0 Å². The molecule has 156 valence electrons. The average molecular weight is 397 g/mol. The third-order valence-electron chi connectivity index (χ3n) is 4.53. The van der Waals surface area contributed by atoms with E-state index < -0.39 is 0 Å². The highest BCUT2D eigenvalue weighted by Crippen LogP contribution is 2.21. The summed E-state index contributed by atoms with van der Waals surface area (Å²) in [5.74, 6) is 0.316. The van der Waals surface area contributed by atoms with Crippen molar-refractivity contribution in [2.45, 2.75) is 46.5 Å². The Morgan fingerprint density at radius 3 is 2.34 bits per heavy atom. The number of nitrogens with zero attached hydrogens (tertiary/aromatic N) is 1. The lowest BCUT2D eigenvalue weighted by molar-refractivity contribution is 0.0755. The molecule has 0 spiro atoms. The Hall–Kier alpha value is -2.82. The van der Waals surface area contributed by atoms with E-state index in [-0.39, 0.29) is 11.8 Å². The molecule has 0 saturated heterocycles. The van der Waals surface area contributed by atoms with Gasteiger partial charge >= 0.3 is 0 Å². The second kappa shape index (κ2) is 11.9. The molecule has 2 rings (SSSR count). The zero-order valence-electron chi connectivity index (χ0n) is 17.7. The maximum absolute atomic E-state index is 12.8. The molecule has 0 aliphatic rings. The number of para-hydroxylation sites is 1. The van der Waals surface area contributed by atoms with Crippen molar-refractivity contribution in [2.24, 2.45) is 0 Å². The lowest BCUT2D eigenvalue weighted by Gasteiger charge is -2.21. The van der Waals surface area contributed by atoms with Crippen LogP contribution in [0.4, 0.5) is 5.69 Å². The van der Waals surface area contributed by atoms with E-state index in [0.29, 0.717) is 29.2 Å². The van der Waals surface area contributed by atoms with E-state index in [1.54, 1.807) is 36.4 Å². The molecule has 29 heavy (non-hydrogen) atoms. The van der Waals surface area contributed by atoms with Gasteiger partial charge in [0, 0.05) is 24.3 Å². The minimum Gasteiger partial charge on any atom is -0.493 e. The highest BCUT2D eigenvalue weighted by Gasteiger charge is 2.16. The van der Waals surface area contributed by atoms with Gasteiger partial charge in [-0.1, -0.05) is 45.4 Å². The number of carbonyl (C=O) groups excluding carboxylic acids is 2. The molecule has 1 N–H and O–H groups in total. The first-order valence-electron chi connectivity index (χ1n) is 10.5. The van der Waals surface area contributed by atoms with E-state index in [4.69, 9.17) is 4.74 Å². The van der Waals surface area contributed by atoms with Crippen LogP contribution in [-0.4, -0.2) is 36.4 Å². The first kappa shape index (κ1) is 22.5. The molecule has 0 fully saturated rings. The molecule has 0 saturated carbocycles. The zero-order valence-corrected chi connectivity index (χ0v) is 17.7. The summed E-state index contributed by atoms with van der Waals surface area (Å²) in [7, 11) is 0. The van der Waals surface area contributed by atoms with Crippen LogP contribution < -0.4 is 10.1 Å². The van der Waals surface area contributed by atoms with Crippen LogP contribution in [0.2, 0.25) is 0 Å². The van der Waals surface area contributed by atoms with Gasteiger partial charge in [-0.25, -0.2) is 0 Å². The lowest BCUT2D eigenvalue weighted by atomic mass is 10.1. The smallest absolute Gasteiger partial charge is 0.259 e. The SMILES string of the molecule is CCCCOc1ccccc1C(=O)Nc1cccc(C(=O)N(CCC)CCC)c1. The Morgan fingerprint density at radius 2 is 1.66 bits per heavy atom. The van der Waals surface area contributed by atoms with Crippen molar-refractivity contribution >= 4 is 17.5 Å². The summed E-state index contributed by atoms with van der Waals surface area (Å²) < 4.78 is 5.76. The number of amides is 2. The molecular weight excluding hydrogens is 364 g/mol. The maximum Gasteiger partial charge on any atom is 0.259 e. The number of rotatable bonds is 11. The van der Waals surface area contributed by atoms with Crippen molar-refractivity contribution in [3.63, 3.8) is 0 Å². The fourth-order valence-electron chi connectivity index (χ4n) is 3.07. The van der Waals surface area contributed by atoms with Crippen LogP contribution in [0.1, 0.15) is 67.2 Å². The molecule has 0 aliphatic carbocycles. The number of unbranched alkanes of at least 4 members (excludes halogenated alkanes) is 1. The van der Waals surface area contributed by atoms with Crippen LogP contribution >= 0.6 is 0 Å². The van der Waals surface area contributed by atoms with Crippen LogP contribution in [0.3, 0.4) is 0 Å². The number of ether oxygens (including phenoxy) is 1. The van der Waals surface area contributed by atoms with Crippen molar-refractivity contribution in [1.82, 2.24) is 4.90 Å². The molecule has 0 aromatic heterocycles. The van der Waals surface area contributed by atoms with Gasteiger partial charge in [-0.05, 0) is 49.6 Å². The Morgan fingerprint density at radius 1 is 0.931 bits per heavy atom. The highest BCUT2D eigenvalue weighted by molar-refractivity contribution is 6.06. The predicted molar refractivity (Wildman–Crippen MR) is 118 cm³/mol. The Balaban J connectivity index is 2.14. The van der Waals surface area contributed by atoms with Gasteiger partial charge in [0.15, 0.2) is 0 Å². The van der Waals surface area contributed by atoms with Gasteiger partial charge < -0.3 is 15.0 Å². The summed E-state index contributed by atoms with van der Waals surface area (Å²) in [5.41, 5.74) is 1.66. The first-order chi connectivity index (χ1) is 14.1. The molecule has 0 radical (unpaired) electrons. The second-order valence-corrected chi connectivity index (χ2v) is 7.03. The van der Waals surface area contributed by atoms with Gasteiger partial charge in [-0.15, -0.1) is 0 Å². The van der Waals surface area contributed by atoms with E-state index in [2.05, 4.69) is 26.1 Å². The maximum atomic E-state index is 12.8. The van der Waals surface area contributed by atoms with Crippen LogP contribution in [-0.2, 0) is 0 Å². The highest BCUT2D eigenvalue weighted by atomic mass is 16.5. The van der Waals surface area contributed by atoms with E-state index >= 15 is 0 Å². The van der Waals surface area contributed by atoms with E-state index in [9.17, 15) is 9.59 Å². The number of benzene rings is 2.